The summed E-state index contributed by atoms with van der Waals surface area (Å²) in [5, 5.41) is 18.6. The fourth-order valence-corrected chi connectivity index (χ4v) is 3.86. The van der Waals surface area contributed by atoms with Crippen LogP contribution in [0, 0.1) is 10.8 Å². The number of ether oxygens (including phenoxy) is 2. The molecule has 166 valence electrons. The van der Waals surface area contributed by atoms with Crippen LogP contribution in [0.3, 0.4) is 0 Å². The molecule has 0 aromatic heterocycles. The molecule has 1 aliphatic heterocycles. The van der Waals surface area contributed by atoms with Crippen LogP contribution in [-0.4, -0.2) is 37.0 Å². The number of rotatable bonds is 12. The van der Waals surface area contributed by atoms with E-state index in [1.807, 2.05) is 48.5 Å². The zero-order chi connectivity index (χ0) is 22.1. The minimum absolute atomic E-state index is 0.0725. The quantitative estimate of drug-likeness (QED) is 0.203. The zero-order valence-corrected chi connectivity index (χ0v) is 17.9. The largest absolute Gasteiger partial charge is 0.494 e. The molecule has 1 fully saturated rings. The van der Waals surface area contributed by atoms with E-state index >= 15 is 0 Å². The summed E-state index contributed by atoms with van der Waals surface area (Å²) in [5.41, 5.74) is 12.4. The summed E-state index contributed by atoms with van der Waals surface area (Å²) in [7, 11) is 0. The van der Waals surface area contributed by atoms with Crippen molar-refractivity contribution in [3.05, 3.63) is 59.7 Å². The molecule has 2 aromatic carbocycles. The molecule has 0 bridgehead atoms. The fraction of sp³-hybridized carbons (Fsp3) is 0.417. The Morgan fingerprint density at radius 3 is 1.48 bits per heavy atom. The minimum Gasteiger partial charge on any atom is -0.494 e. The Morgan fingerprint density at radius 1 is 0.742 bits per heavy atom. The van der Waals surface area contributed by atoms with Gasteiger partial charge in [-0.15, -0.1) is 0 Å². The van der Waals surface area contributed by atoms with Crippen molar-refractivity contribution in [2.45, 2.75) is 50.6 Å². The summed E-state index contributed by atoms with van der Waals surface area (Å²) in [6.07, 6.45) is 6.68. The van der Waals surface area contributed by atoms with Crippen LogP contribution in [-0.2, 0) is 0 Å². The maximum absolute atomic E-state index is 7.41. The van der Waals surface area contributed by atoms with Gasteiger partial charge in [0.05, 0.1) is 13.2 Å². The molecule has 31 heavy (non-hydrogen) atoms. The summed E-state index contributed by atoms with van der Waals surface area (Å²) in [6, 6.07) is 15.8. The van der Waals surface area contributed by atoms with Gasteiger partial charge in [0, 0.05) is 23.2 Å². The number of hydrogen-bond acceptors (Lipinski definition) is 5. The van der Waals surface area contributed by atoms with Crippen molar-refractivity contribution in [1.29, 1.82) is 10.8 Å². The topological polar surface area (TPSA) is 130 Å². The number of nitrogens with two attached hydrogens (primary N) is 2. The highest BCUT2D eigenvalue weighted by atomic mass is 16.5. The molecule has 2 atom stereocenters. The van der Waals surface area contributed by atoms with Gasteiger partial charge in [0.2, 0.25) is 0 Å². The summed E-state index contributed by atoms with van der Waals surface area (Å²) in [4.78, 5) is 0. The van der Waals surface area contributed by atoms with Gasteiger partial charge in [-0.25, -0.2) is 0 Å². The maximum Gasteiger partial charge on any atom is 0.122 e. The number of amidine groups is 2. The Kier molecular flexibility index (Phi) is 8.29. The van der Waals surface area contributed by atoms with Crippen LogP contribution in [0.1, 0.15) is 49.7 Å². The first-order valence-electron chi connectivity index (χ1n) is 10.9. The van der Waals surface area contributed by atoms with Gasteiger partial charge in [0.15, 0.2) is 0 Å². The van der Waals surface area contributed by atoms with Crippen molar-refractivity contribution in [1.82, 2.24) is 5.32 Å². The number of benzene rings is 2. The third-order valence-electron chi connectivity index (χ3n) is 5.60. The molecule has 1 saturated heterocycles. The normalized spacial score (nSPS) is 17.9. The van der Waals surface area contributed by atoms with E-state index in [9.17, 15) is 0 Å². The molecule has 7 nitrogen and oxygen atoms in total. The summed E-state index contributed by atoms with van der Waals surface area (Å²) < 4.78 is 11.6. The second-order valence-corrected chi connectivity index (χ2v) is 8.00. The van der Waals surface area contributed by atoms with E-state index in [2.05, 4.69) is 5.32 Å². The minimum atomic E-state index is 0.0725. The predicted octanol–water partition coefficient (Wildman–Crippen LogP) is 3.39. The Hall–Kier alpha value is -3.06. The lowest BCUT2D eigenvalue weighted by atomic mass is 10.1. The van der Waals surface area contributed by atoms with Gasteiger partial charge in [-0.1, -0.05) is 0 Å². The molecular weight excluding hydrogens is 390 g/mol. The van der Waals surface area contributed by atoms with Crippen molar-refractivity contribution >= 4 is 11.7 Å². The van der Waals surface area contributed by atoms with Gasteiger partial charge in [-0.3, -0.25) is 10.8 Å². The molecule has 7 heteroatoms. The van der Waals surface area contributed by atoms with Crippen LogP contribution in [0.15, 0.2) is 48.5 Å². The van der Waals surface area contributed by atoms with Gasteiger partial charge in [-0.2, -0.15) is 0 Å². The Balaban J connectivity index is 1.25. The standard InChI is InChI=1S/C24H33N5O2/c25-23(26)17-5-11-21(12-6-17)30-15-1-3-19-9-10-20(29-19)4-2-16-31-22-13-7-18(8-14-22)24(27)28/h5-8,11-14,19-20,29H,1-4,9-10,15-16H2,(H3,25,26)(H3,27,28). The highest BCUT2D eigenvalue weighted by Crippen LogP contribution is 2.21. The van der Waals surface area contributed by atoms with Gasteiger partial charge in [0.1, 0.15) is 23.2 Å². The van der Waals surface area contributed by atoms with Crippen molar-refractivity contribution in [3.8, 4) is 11.5 Å². The molecule has 3 rings (SSSR count). The first kappa shape index (κ1) is 22.6. The van der Waals surface area contributed by atoms with E-state index in [-0.39, 0.29) is 11.7 Å². The second-order valence-electron chi connectivity index (χ2n) is 8.00. The van der Waals surface area contributed by atoms with Gasteiger partial charge in [0.25, 0.3) is 0 Å². The first-order chi connectivity index (χ1) is 15.0. The highest BCUT2D eigenvalue weighted by molar-refractivity contribution is 5.95. The highest BCUT2D eigenvalue weighted by Gasteiger charge is 2.22. The monoisotopic (exact) mass is 423 g/mol. The van der Waals surface area contributed by atoms with Crippen molar-refractivity contribution in [2.75, 3.05) is 13.2 Å². The third kappa shape index (κ3) is 7.29. The molecule has 0 radical (unpaired) electrons. The molecule has 1 heterocycles. The third-order valence-corrected chi connectivity index (χ3v) is 5.60. The molecular formula is C24H33N5O2. The van der Waals surface area contributed by atoms with E-state index < -0.39 is 0 Å². The second kappa shape index (κ2) is 11.4. The lowest BCUT2D eigenvalue weighted by Gasteiger charge is -2.15. The Labute approximate surface area is 184 Å². The van der Waals surface area contributed by atoms with Crippen LogP contribution in [0.25, 0.3) is 0 Å². The van der Waals surface area contributed by atoms with E-state index in [4.69, 9.17) is 31.8 Å². The molecule has 0 spiro atoms. The lowest BCUT2D eigenvalue weighted by molar-refractivity contribution is 0.291. The lowest BCUT2D eigenvalue weighted by Crippen LogP contribution is -2.29. The number of nitrogens with one attached hydrogen (secondary N) is 3. The van der Waals surface area contributed by atoms with Crippen molar-refractivity contribution in [3.63, 3.8) is 0 Å². The van der Waals surface area contributed by atoms with Crippen LogP contribution in [0.4, 0.5) is 0 Å². The molecule has 1 aliphatic rings. The van der Waals surface area contributed by atoms with Crippen molar-refractivity contribution < 1.29 is 9.47 Å². The molecule has 7 N–H and O–H groups in total. The Bertz CT molecular complexity index is 780. The van der Waals surface area contributed by atoms with E-state index in [0.717, 1.165) is 37.2 Å². The number of nitrogen functional groups attached to an aromatic ring is 2. The van der Waals surface area contributed by atoms with E-state index in [1.165, 1.54) is 12.8 Å². The van der Waals surface area contributed by atoms with Crippen LogP contribution < -0.4 is 26.3 Å². The van der Waals surface area contributed by atoms with Crippen LogP contribution in [0.5, 0.6) is 11.5 Å². The average Bonchev–Trinajstić information content (AvgIpc) is 3.22. The molecule has 0 amide bonds. The summed E-state index contributed by atoms with van der Waals surface area (Å²) in [5.74, 6) is 1.78. The van der Waals surface area contributed by atoms with Crippen LogP contribution in [0.2, 0.25) is 0 Å². The zero-order valence-electron chi connectivity index (χ0n) is 17.9. The van der Waals surface area contributed by atoms with E-state index in [0.29, 0.717) is 36.4 Å². The molecule has 2 unspecified atom stereocenters. The van der Waals surface area contributed by atoms with Crippen molar-refractivity contribution in [2.24, 2.45) is 11.5 Å². The SMILES string of the molecule is N=C(N)c1ccc(OCCCC2CCC(CCCOc3ccc(C(=N)N)cc3)N2)cc1. The van der Waals surface area contributed by atoms with Gasteiger partial charge in [-0.05, 0) is 87.1 Å². The smallest absolute Gasteiger partial charge is 0.122 e. The Morgan fingerprint density at radius 2 is 1.13 bits per heavy atom. The summed E-state index contributed by atoms with van der Waals surface area (Å²) in [6.45, 7) is 1.39. The predicted molar refractivity (Wildman–Crippen MR) is 124 cm³/mol. The van der Waals surface area contributed by atoms with Crippen LogP contribution >= 0.6 is 0 Å². The first-order valence-corrected chi connectivity index (χ1v) is 10.9. The van der Waals surface area contributed by atoms with E-state index in [1.54, 1.807) is 0 Å². The van der Waals surface area contributed by atoms with Gasteiger partial charge < -0.3 is 26.3 Å². The summed E-state index contributed by atoms with van der Waals surface area (Å²) >= 11 is 0. The molecule has 0 saturated carbocycles. The average molecular weight is 424 g/mol. The fourth-order valence-electron chi connectivity index (χ4n) is 3.86. The van der Waals surface area contributed by atoms with Gasteiger partial charge >= 0.3 is 0 Å². The number of hydrogen-bond donors (Lipinski definition) is 5. The molecule has 0 aliphatic carbocycles. The molecule has 2 aromatic rings. The maximum atomic E-state index is 7.41.